The van der Waals surface area contributed by atoms with Gasteiger partial charge in [0.15, 0.2) is 5.96 Å². The lowest BCUT2D eigenvalue weighted by Gasteiger charge is -2.23. The molecular weight excluding hydrogens is 491 g/mol. The van der Waals surface area contributed by atoms with E-state index in [4.69, 9.17) is 9.73 Å². The number of guanidine groups is 1. The summed E-state index contributed by atoms with van der Waals surface area (Å²) in [4.78, 5) is 7.11. The van der Waals surface area contributed by atoms with Crippen molar-refractivity contribution < 1.29 is 4.74 Å². The second kappa shape index (κ2) is 12.9. The van der Waals surface area contributed by atoms with Gasteiger partial charge in [-0.15, -0.1) is 34.2 Å². The minimum atomic E-state index is 0. The van der Waals surface area contributed by atoms with Gasteiger partial charge in [-0.05, 0) is 24.0 Å². The number of aryl methyl sites for hydroxylation is 2. The van der Waals surface area contributed by atoms with Crippen LogP contribution in [0.1, 0.15) is 37.2 Å². The monoisotopic (exact) mass is 526 g/mol. The van der Waals surface area contributed by atoms with Crippen LogP contribution in [0, 0.1) is 5.92 Å². The molecule has 2 aromatic rings. The van der Waals surface area contributed by atoms with Crippen molar-refractivity contribution in [2.24, 2.45) is 10.9 Å². The van der Waals surface area contributed by atoms with Crippen molar-refractivity contribution in [3.63, 3.8) is 0 Å². The van der Waals surface area contributed by atoms with Gasteiger partial charge >= 0.3 is 0 Å². The second-order valence-electron chi connectivity index (χ2n) is 7.64. The molecule has 1 unspecified atom stereocenters. The quantitative estimate of drug-likeness (QED) is 0.309. The fourth-order valence-corrected chi connectivity index (χ4v) is 3.51. The van der Waals surface area contributed by atoms with Crippen molar-refractivity contribution in [2.45, 2.75) is 46.2 Å². The zero-order valence-electron chi connectivity index (χ0n) is 18.4. The third-order valence-corrected chi connectivity index (χ3v) is 5.38. The summed E-state index contributed by atoms with van der Waals surface area (Å²) in [7, 11) is 2.10. The average Bonchev–Trinajstić information content (AvgIpc) is 3.42. The number of benzene rings is 1. The van der Waals surface area contributed by atoms with Crippen LogP contribution in [0.5, 0.6) is 0 Å². The van der Waals surface area contributed by atoms with Crippen LogP contribution >= 0.6 is 24.0 Å². The average molecular weight is 526 g/mol. The molecule has 1 atom stereocenters. The minimum Gasteiger partial charge on any atom is -0.381 e. The Morgan fingerprint density at radius 2 is 2.00 bits per heavy atom. The number of aliphatic imine (C=N–C) groups is 1. The maximum atomic E-state index is 5.50. The van der Waals surface area contributed by atoms with E-state index >= 15 is 0 Å². The number of aromatic nitrogens is 3. The molecule has 0 amide bonds. The zero-order chi connectivity index (χ0) is 20.5. The molecule has 1 aliphatic heterocycles. The van der Waals surface area contributed by atoms with Crippen molar-refractivity contribution in [1.29, 1.82) is 0 Å². The summed E-state index contributed by atoms with van der Waals surface area (Å²) in [5.74, 6) is 2.47. The fraction of sp³-hybridized carbons (Fsp3) is 0.591. The van der Waals surface area contributed by atoms with E-state index < -0.39 is 0 Å². The molecule has 1 fully saturated rings. The van der Waals surface area contributed by atoms with Gasteiger partial charge in [-0.25, -0.2) is 0 Å². The molecule has 1 N–H and O–H groups in total. The number of ether oxygens (including phenoxy) is 1. The molecule has 1 aromatic heterocycles. The van der Waals surface area contributed by atoms with Crippen LogP contribution in [0.4, 0.5) is 0 Å². The molecule has 3 rings (SSSR count). The van der Waals surface area contributed by atoms with Crippen molar-refractivity contribution in [3.05, 3.63) is 47.5 Å². The third-order valence-electron chi connectivity index (χ3n) is 5.38. The van der Waals surface area contributed by atoms with E-state index in [0.717, 1.165) is 70.4 Å². The maximum Gasteiger partial charge on any atom is 0.194 e. The van der Waals surface area contributed by atoms with Crippen LogP contribution in [0.15, 0.2) is 35.6 Å². The van der Waals surface area contributed by atoms with E-state index in [1.165, 1.54) is 11.1 Å². The number of rotatable bonds is 9. The van der Waals surface area contributed by atoms with Crippen LogP contribution in [-0.2, 0) is 30.7 Å². The molecule has 166 valence electrons. The van der Waals surface area contributed by atoms with E-state index in [1.807, 2.05) is 0 Å². The standard InChI is InChI=1S/C22H34N6O.HI/c1-4-18-6-8-19(9-7-18)15-27(3)22(24-14-20-10-13-29-16-20)23-11-12-28-17-25-26-21(28)5-2;/h6-9,17,20H,4-5,10-16H2,1-3H3,(H,23,24);1H. The normalized spacial score (nSPS) is 16.4. The molecule has 0 aliphatic carbocycles. The number of halogens is 1. The topological polar surface area (TPSA) is 67.6 Å². The Labute approximate surface area is 197 Å². The Kier molecular flexibility index (Phi) is 10.6. The smallest absolute Gasteiger partial charge is 0.194 e. The van der Waals surface area contributed by atoms with Gasteiger partial charge in [0.25, 0.3) is 0 Å². The van der Waals surface area contributed by atoms with Crippen molar-refractivity contribution in [3.8, 4) is 0 Å². The van der Waals surface area contributed by atoms with E-state index in [0.29, 0.717) is 5.92 Å². The SMILES string of the molecule is CCc1ccc(CN(C)C(=NCC2CCOC2)NCCn2cnnc2CC)cc1.I. The van der Waals surface area contributed by atoms with Crippen LogP contribution in [0.3, 0.4) is 0 Å². The molecule has 0 saturated carbocycles. The van der Waals surface area contributed by atoms with Gasteiger partial charge in [-0.2, -0.15) is 0 Å². The Hall–Kier alpha value is -1.68. The minimum absolute atomic E-state index is 0. The molecule has 8 heteroatoms. The van der Waals surface area contributed by atoms with Gasteiger partial charge < -0.3 is 19.5 Å². The van der Waals surface area contributed by atoms with E-state index in [-0.39, 0.29) is 24.0 Å². The van der Waals surface area contributed by atoms with Crippen LogP contribution in [0.25, 0.3) is 0 Å². The first kappa shape index (κ1) is 24.6. The van der Waals surface area contributed by atoms with Gasteiger partial charge in [0, 0.05) is 52.2 Å². The first-order chi connectivity index (χ1) is 14.2. The second-order valence-corrected chi connectivity index (χ2v) is 7.64. The summed E-state index contributed by atoms with van der Waals surface area (Å²) < 4.78 is 7.60. The largest absolute Gasteiger partial charge is 0.381 e. The van der Waals surface area contributed by atoms with Gasteiger partial charge in [-0.3, -0.25) is 4.99 Å². The fourth-order valence-electron chi connectivity index (χ4n) is 3.51. The van der Waals surface area contributed by atoms with E-state index in [2.05, 4.69) is 70.1 Å². The van der Waals surface area contributed by atoms with Gasteiger partial charge in [0.1, 0.15) is 12.2 Å². The van der Waals surface area contributed by atoms with Gasteiger partial charge in [0.05, 0.1) is 6.61 Å². The lowest BCUT2D eigenvalue weighted by Crippen LogP contribution is -2.40. The summed E-state index contributed by atoms with van der Waals surface area (Å²) in [6, 6.07) is 8.84. The number of hydrogen-bond acceptors (Lipinski definition) is 4. The lowest BCUT2D eigenvalue weighted by molar-refractivity contribution is 0.187. The van der Waals surface area contributed by atoms with E-state index in [9.17, 15) is 0 Å². The summed E-state index contributed by atoms with van der Waals surface area (Å²) >= 11 is 0. The van der Waals surface area contributed by atoms with E-state index in [1.54, 1.807) is 6.33 Å². The van der Waals surface area contributed by atoms with Crippen LogP contribution < -0.4 is 5.32 Å². The first-order valence-corrected chi connectivity index (χ1v) is 10.7. The Balaban J connectivity index is 0.00000320. The van der Waals surface area contributed by atoms with Crippen LogP contribution in [0.2, 0.25) is 0 Å². The lowest BCUT2D eigenvalue weighted by atomic mass is 10.1. The Morgan fingerprint density at radius 1 is 1.23 bits per heavy atom. The molecule has 0 bridgehead atoms. The molecule has 1 saturated heterocycles. The summed E-state index contributed by atoms with van der Waals surface area (Å²) in [6.07, 6.45) is 4.85. The highest BCUT2D eigenvalue weighted by Crippen LogP contribution is 2.13. The van der Waals surface area contributed by atoms with Gasteiger partial charge in [-0.1, -0.05) is 38.1 Å². The third kappa shape index (κ3) is 7.23. The predicted molar refractivity (Wildman–Crippen MR) is 131 cm³/mol. The number of nitrogens with one attached hydrogen (secondary N) is 1. The predicted octanol–water partition coefficient (Wildman–Crippen LogP) is 3.14. The van der Waals surface area contributed by atoms with Crippen molar-refractivity contribution in [2.75, 3.05) is 33.4 Å². The van der Waals surface area contributed by atoms with Crippen LogP contribution in [-0.4, -0.2) is 59.0 Å². The molecule has 0 radical (unpaired) electrons. The highest BCUT2D eigenvalue weighted by atomic mass is 127. The van der Waals surface area contributed by atoms with Crippen molar-refractivity contribution >= 4 is 29.9 Å². The number of nitrogens with zero attached hydrogens (tertiary/aromatic N) is 5. The Bertz CT molecular complexity index is 770. The molecule has 30 heavy (non-hydrogen) atoms. The summed E-state index contributed by atoms with van der Waals surface area (Å²) in [5, 5.41) is 11.7. The molecular formula is C22H35IN6O. The highest BCUT2D eigenvalue weighted by molar-refractivity contribution is 14.0. The molecule has 1 aromatic carbocycles. The molecule has 2 heterocycles. The molecule has 0 spiro atoms. The summed E-state index contributed by atoms with van der Waals surface area (Å²) in [6.45, 7) is 9.18. The molecule has 7 nitrogen and oxygen atoms in total. The van der Waals surface area contributed by atoms with Crippen molar-refractivity contribution in [1.82, 2.24) is 25.0 Å². The number of hydrogen-bond donors (Lipinski definition) is 1. The molecule has 1 aliphatic rings. The maximum absolute atomic E-state index is 5.50. The first-order valence-electron chi connectivity index (χ1n) is 10.7. The highest BCUT2D eigenvalue weighted by Gasteiger charge is 2.16. The van der Waals surface area contributed by atoms with Gasteiger partial charge in [0.2, 0.25) is 0 Å². The Morgan fingerprint density at radius 3 is 2.67 bits per heavy atom. The summed E-state index contributed by atoms with van der Waals surface area (Å²) in [5.41, 5.74) is 2.65. The zero-order valence-corrected chi connectivity index (χ0v) is 20.7.